The fourth-order valence-electron chi connectivity index (χ4n) is 2.62. The molecule has 0 radical (unpaired) electrons. The molecule has 0 aliphatic rings. The minimum absolute atomic E-state index is 0.0520. The summed E-state index contributed by atoms with van der Waals surface area (Å²) in [7, 11) is 1.44. The van der Waals surface area contributed by atoms with Gasteiger partial charge in [-0.1, -0.05) is 23.7 Å². The lowest BCUT2D eigenvalue weighted by Crippen LogP contribution is -2.19. The molecule has 3 rings (SSSR count). The molecule has 0 unspecified atom stereocenters. The number of methoxy groups -OCH3 is 1. The van der Waals surface area contributed by atoms with Crippen molar-refractivity contribution in [2.75, 3.05) is 31.7 Å². The number of hydrazone groups is 1. The van der Waals surface area contributed by atoms with Crippen LogP contribution in [0.5, 0.6) is 5.75 Å². The number of halogens is 1. The van der Waals surface area contributed by atoms with Crippen LogP contribution in [0.25, 0.3) is 0 Å². The second-order valence-corrected chi connectivity index (χ2v) is 6.80. The van der Waals surface area contributed by atoms with E-state index in [1.54, 1.807) is 12.1 Å². The summed E-state index contributed by atoms with van der Waals surface area (Å²) in [6, 6.07) is 13.4. The molecule has 164 valence electrons. The normalized spacial score (nSPS) is 14.2. The summed E-state index contributed by atoms with van der Waals surface area (Å²) in [6.07, 6.45) is 2.45. The Labute approximate surface area is 199 Å². The number of hydrogen-bond acceptors (Lipinski definition) is 6. The summed E-state index contributed by atoms with van der Waals surface area (Å²) in [5.74, 6) is -0.436. The second kappa shape index (κ2) is 10.4. The molecule has 0 spiro atoms. The third-order valence-electron chi connectivity index (χ3n) is 4.18. The standard InChI is InChI=1S/C23H22ClN5O3/c1-29(2)26-13-15-4-6-16(7-5-15)22(30)27-20-10-9-18(32-3)12-19(20)23(31)28-21-11-8-17(24)14-25-21/h4-14H,1-3H3,(H,27,30)(H,25,28,31)/b26-13+/i1D3,2D3. The van der Waals surface area contributed by atoms with Gasteiger partial charge in [0.1, 0.15) is 11.6 Å². The quantitative estimate of drug-likeness (QED) is 0.410. The molecular weight excluding hydrogens is 430 g/mol. The van der Waals surface area contributed by atoms with Crippen molar-refractivity contribution in [1.82, 2.24) is 9.99 Å². The first-order chi connectivity index (χ1) is 17.8. The van der Waals surface area contributed by atoms with Gasteiger partial charge in [-0.2, -0.15) is 5.10 Å². The average Bonchev–Trinajstić information content (AvgIpc) is 2.84. The molecule has 1 aromatic heterocycles. The Balaban J connectivity index is 1.78. The van der Waals surface area contributed by atoms with Crippen LogP contribution in [-0.2, 0) is 0 Å². The van der Waals surface area contributed by atoms with Crippen LogP contribution in [0, 0.1) is 0 Å². The zero-order chi connectivity index (χ0) is 28.1. The number of ether oxygens (including phenoxy) is 1. The summed E-state index contributed by atoms with van der Waals surface area (Å²) in [5.41, 5.74) is 0.902. The van der Waals surface area contributed by atoms with Gasteiger partial charge in [0.2, 0.25) is 0 Å². The summed E-state index contributed by atoms with van der Waals surface area (Å²) in [4.78, 5) is 29.8. The molecule has 0 bridgehead atoms. The van der Waals surface area contributed by atoms with Crippen LogP contribution in [0.4, 0.5) is 11.5 Å². The van der Waals surface area contributed by atoms with Crippen LogP contribution in [-0.4, -0.2) is 49.1 Å². The monoisotopic (exact) mass is 457 g/mol. The van der Waals surface area contributed by atoms with Crippen molar-refractivity contribution in [3.8, 4) is 5.75 Å². The molecule has 3 aromatic rings. The Hall–Kier alpha value is -3.91. The number of pyridine rings is 1. The van der Waals surface area contributed by atoms with Crippen LogP contribution in [0.15, 0.2) is 65.9 Å². The van der Waals surface area contributed by atoms with Crippen molar-refractivity contribution < 1.29 is 22.6 Å². The lowest BCUT2D eigenvalue weighted by Gasteiger charge is -2.13. The van der Waals surface area contributed by atoms with Gasteiger partial charge in [0.25, 0.3) is 11.8 Å². The number of nitrogens with zero attached hydrogens (tertiary/aromatic N) is 3. The highest BCUT2D eigenvalue weighted by molar-refractivity contribution is 6.30. The van der Waals surface area contributed by atoms with E-state index in [1.807, 2.05) is 0 Å². The minimum Gasteiger partial charge on any atom is -0.497 e. The second-order valence-electron chi connectivity index (χ2n) is 6.36. The molecule has 8 nitrogen and oxygen atoms in total. The fourth-order valence-corrected chi connectivity index (χ4v) is 2.73. The zero-order valence-corrected chi connectivity index (χ0v) is 17.6. The predicted octanol–water partition coefficient (Wildman–Crippen LogP) is 4.14. The van der Waals surface area contributed by atoms with E-state index < -0.39 is 25.8 Å². The molecule has 0 atom stereocenters. The van der Waals surface area contributed by atoms with Gasteiger partial charge in [0.15, 0.2) is 0 Å². The van der Waals surface area contributed by atoms with Crippen LogP contribution < -0.4 is 15.4 Å². The molecule has 2 N–H and O–H groups in total. The number of rotatable bonds is 7. The molecule has 0 saturated carbocycles. The van der Waals surface area contributed by atoms with Crippen molar-refractivity contribution in [3.63, 3.8) is 0 Å². The Kier molecular flexibility index (Phi) is 5.15. The largest absolute Gasteiger partial charge is 0.497 e. The van der Waals surface area contributed by atoms with E-state index in [9.17, 15) is 9.59 Å². The number of aromatic nitrogens is 1. The van der Waals surface area contributed by atoms with Gasteiger partial charge >= 0.3 is 0 Å². The highest BCUT2D eigenvalue weighted by Gasteiger charge is 2.16. The first kappa shape index (κ1) is 15.8. The minimum atomic E-state index is -2.96. The maximum absolute atomic E-state index is 12.9. The van der Waals surface area contributed by atoms with E-state index in [1.165, 1.54) is 55.8 Å². The smallest absolute Gasteiger partial charge is 0.259 e. The Morgan fingerprint density at radius 3 is 2.53 bits per heavy atom. The predicted molar refractivity (Wildman–Crippen MR) is 126 cm³/mol. The Morgan fingerprint density at radius 1 is 1.09 bits per heavy atom. The van der Waals surface area contributed by atoms with Crippen molar-refractivity contribution in [2.45, 2.75) is 0 Å². The summed E-state index contributed by atoms with van der Waals surface area (Å²) in [6.45, 7) is -5.93. The van der Waals surface area contributed by atoms with Crippen LogP contribution in [0.3, 0.4) is 0 Å². The number of carbonyl (C=O) groups is 2. The number of hydrogen-bond donors (Lipinski definition) is 2. The SMILES string of the molecule is [2H]C([2H])([2H])N(/N=C/c1ccc(C(=O)Nc2ccc(OC)cc2C(=O)Nc2ccc(Cl)cn2)cc1)C([2H])([2H])[2H]. The van der Waals surface area contributed by atoms with Crippen LogP contribution in [0.2, 0.25) is 5.02 Å². The van der Waals surface area contributed by atoms with Crippen molar-refractivity contribution in [3.05, 3.63) is 82.5 Å². The molecule has 0 aliphatic carbocycles. The third kappa shape index (κ3) is 6.05. The third-order valence-corrected chi connectivity index (χ3v) is 4.41. The molecule has 0 fully saturated rings. The summed E-state index contributed by atoms with van der Waals surface area (Å²) in [5, 5.41) is 9.34. The van der Waals surface area contributed by atoms with E-state index in [4.69, 9.17) is 24.6 Å². The first-order valence-corrected chi connectivity index (χ1v) is 9.52. The molecule has 2 amide bonds. The van der Waals surface area contributed by atoms with E-state index in [2.05, 4.69) is 20.7 Å². The maximum Gasteiger partial charge on any atom is 0.259 e. The summed E-state index contributed by atoms with van der Waals surface area (Å²) < 4.78 is 49.2. The van der Waals surface area contributed by atoms with E-state index in [-0.39, 0.29) is 27.6 Å². The van der Waals surface area contributed by atoms with Gasteiger partial charge < -0.3 is 20.4 Å². The number of carbonyl (C=O) groups excluding carboxylic acids is 2. The van der Waals surface area contributed by atoms with Gasteiger partial charge in [0, 0.05) is 33.9 Å². The van der Waals surface area contributed by atoms with E-state index in [0.29, 0.717) is 16.3 Å². The number of anilines is 2. The van der Waals surface area contributed by atoms with Crippen LogP contribution >= 0.6 is 11.6 Å². The molecule has 9 heteroatoms. The topological polar surface area (TPSA) is 95.9 Å². The van der Waals surface area contributed by atoms with Gasteiger partial charge in [-0.3, -0.25) is 9.59 Å². The average molecular weight is 458 g/mol. The van der Waals surface area contributed by atoms with Crippen LogP contribution in [0.1, 0.15) is 34.5 Å². The molecule has 2 aromatic carbocycles. The highest BCUT2D eigenvalue weighted by Crippen LogP contribution is 2.24. The lowest BCUT2D eigenvalue weighted by molar-refractivity contribution is 0.102. The first-order valence-electron chi connectivity index (χ1n) is 12.1. The Morgan fingerprint density at radius 2 is 1.88 bits per heavy atom. The molecular formula is C23H22ClN5O3. The van der Waals surface area contributed by atoms with Gasteiger partial charge in [-0.15, -0.1) is 0 Å². The lowest BCUT2D eigenvalue weighted by atomic mass is 10.1. The number of benzene rings is 2. The number of amides is 2. The van der Waals surface area contributed by atoms with Gasteiger partial charge in [0.05, 0.1) is 29.6 Å². The van der Waals surface area contributed by atoms with Crippen molar-refractivity contribution >= 4 is 41.1 Å². The fraction of sp³-hybridized carbons (Fsp3) is 0.130. The highest BCUT2D eigenvalue weighted by atomic mass is 35.5. The Bertz CT molecular complexity index is 1320. The van der Waals surface area contributed by atoms with Crippen molar-refractivity contribution in [2.24, 2.45) is 5.10 Å². The van der Waals surface area contributed by atoms with Gasteiger partial charge in [-0.05, 0) is 48.0 Å². The number of nitrogens with one attached hydrogen (secondary N) is 2. The summed E-state index contributed by atoms with van der Waals surface area (Å²) >= 11 is 5.83. The molecule has 0 saturated heterocycles. The molecule has 0 aliphatic heterocycles. The van der Waals surface area contributed by atoms with Gasteiger partial charge in [-0.25, -0.2) is 4.98 Å². The molecule has 32 heavy (non-hydrogen) atoms. The van der Waals surface area contributed by atoms with E-state index in [0.717, 1.165) is 6.21 Å². The zero-order valence-electron chi connectivity index (χ0n) is 22.8. The molecule has 1 heterocycles. The van der Waals surface area contributed by atoms with Crippen molar-refractivity contribution in [1.29, 1.82) is 0 Å². The maximum atomic E-state index is 12.9. The van der Waals surface area contributed by atoms with E-state index >= 15 is 0 Å².